The van der Waals surface area contributed by atoms with Gasteiger partial charge in [0.2, 0.25) is 0 Å². The van der Waals surface area contributed by atoms with Crippen LogP contribution in [0.25, 0.3) is 10.9 Å². The van der Waals surface area contributed by atoms with Gasteiger partial charge in [0.25, 0.3) is 0 Å². The van der Waals surface area contributed by atoms with E-state index in [0.717, 1.165) is 15.4 Å². The van der Waals surface area contributed by atoms with Gasteiger partial charge in [-0.2, -0.15) is 0 Å². The number of rotatable bonds is 3. The smallest absolute Gasteiger partial charge is 0.343 e. The topological polar surface area (TPSA) is 48.4 Å². The van der Waals surface area contributed by atoms with E-state index >= 15 is 0 Å². The Morgan fingerprint density at radius 1 is 1.41 bits per heavy atom. The average Bonchev–Trinajstić information content (AvgIpc) is 2.35. The summed E-state index contributed by atoms with van der Waals surface area (Å²) < 4.78 is 10.7. The van der Waals surface area contributed by atoms with Gasteiger partial charge in [-0.25, -0.2) is 4.79 Å². The second-order valence-corrected chi connectivity index (χ2v) is 4.29. The van der Waals surface area contributed by atoms with Crippen molar-refractivity contribution in [2.75, 3.05) is 13.7 Å². The molecule has 0 unspecified atom stereocenters. The second kappa shape index (κ2) is 5.14. The Morgan fingerprint density at radius 2 is 2.24 bits per heavy atom. The number of carbonyl (C=O) groups is 1. The predicted octanol–water partition coefficient (Wildman–Crippen LogP) is 2.55. The van der Waals surface area contributed by atoms with E-state index in [2.05, 4.69) is 25.7 Å². The lowest BCUT2D eigenvalue weighted by atomic mass is 10.2. The van der Waals surface area contributed by atoms with Crippen molar-refractivity contribution in [3.63, 3.8) is 0 Å². The molecule has 17 heavy (non-hydrogen) atoms. The number of methoxy groups -OCH3 is 1. The van der Waals surface area contributed by atoms with Gasteiger partial charge in [0, 0.05) is 16.1 Å². The lowest BCUT2D eigenvalue weighted by molar-refractivity contribution is -0.142. The van der Waals surface area contributed by atoms with E-state index in [0.29, 0.717) is 5.75 Å². The maximum Gasteiger partial charge on any atom is 0.343 e. The van der Waals surface area contributed by atoms with E-state index in [1.54, 1.807) is 12.3 Å². The van der Waals surface area contributed by atoms with E-state index in [1.807, 2.05) is 18.2 Å². The highest BCUT2D eigenvalue weighted by Gasteiger charge is 2.03. The molecule has 0 radical (unpaired) electrons. The Bertz CT molecular complexity index is 556. The second-order valence-electron chi connectivity index (χ2n) is 3.37. The molecule has 0 aliphatic carbocycles. The number of esters is 1. The molecule has 0 bridgehead atoms. The number of nitrogens with zero attached hydrogens (tertiary/aromatic N) is 1. The minimum Gasteiger partial charge on any atom is -0.482 e. The Morgan fingerprint density at radius 3 is 3.00 bits per heavy atom. The van der Waals surface area contributed by atoms with Crippen molar-refractivity contribution in [3.8, 4) is 5.75 Å². The third-order valence-electron chi connectivity index (χ3n) is 2.20. The fourth-order valence-electron chi connectivity index (χ4n) is 1.37. The van der Waals surface area contributed by atoms with Gasteiger partial charge in [-0.1, -0.05) is 0 Å². The molecule has 5 heteroatoms. The van der Waals surface area contributed by atoms with Crippen LogP contribution in [0, 0.1) is 0 Å². The van der Waals surface area contributed by atoms with Crippen LogP contribution in [0.3, 0.4) is 0 Å². The largest absolute Gasteiger partial charge is 0.482 e. The first-order valence-corrected chi connectivity index (χ1v) is 5.73. The van der Waals surface area contributed by atoms with E-state index < -0.39 is 5.97 Å². The van der Waals surface area contributed by atoms with Crippen LogP contribution in [0.15, 0.2) is 34.9 Å². The molecule has 4 nitrogen and oxygen atoms in total. The summed E-state index contributed by atoms with van der Waals surface area (Å²) in [5, 5.41) is 0.946. The molecule has 0 N–H and O–H groups in total. The first-order chi connectivity index (χ1) is 8.19. The van der Waals surface area contributed by atoms with Gasteiger partial charge < -0.3 is 9.47 Å². The number of hydrogen-bond donors (Lipinski definition) is 0. The third-order valence-corrected chi connectivity index (χ3v) is 2.64. The number of benzene rings is 1. The number of fused-ring (bicyclic) bond motifs is 1. The zero-order chi connectivity index (χ0) is 12.3. The normalized spacial score (nSPS) is 10.2. The number of carbonyl (C=O) groups excluding carboxylic acids is 1. The van der Waals surface area contributed by atoms with E-state index in [9.17, 15) is 4.79 Å². The highest BCUT2D eigenvalue weighted by Crippen LogP contribution is 2.22. The van der Waals surface area contributed by atoms with Gasteiger partial charge in [-0.05, 0) is 40.2 Å². The van der Waals surface area contributed by atoms with Crippen molar-refractivity contribution in [3.05, 3.63) is 34.9 Å². The number of hydrogen-bond acceptors (Lipinski definition) is 4. The van der Waals surface area contributed by atoms with Crippen molar-refractivity contribution < 1.29 is 14.3 Å². The minimum absolute atomic E-state index is 0.0938. The van der Waals surface area contributed by atoms with Crippen molar-refractivity contribution in [1.29, 1.82) is 0 Å². The molecule has 0 aliphatic heterocycles. The first-order valence-electron chi connectivity index (χ1n) is 4.94. The zero-order valence-corrected chi connectivity index (χ0v) is 10.7. The molecular weight excluding hydrogens is 286 g/mol. The summed E-state index contributed by atoms with van der Waals surface area (Å²) in [7, 11) is 1.33. The van der Waals surface area contributed by atoms with Gasteiger partial charge in [-0.3, -0.25) is 4.98 Å². The van der Waals surface area contributed by atoms with E-state index in [1.165, 1.54) is 7.11 Å². The molecule has 0 aliphatic rings. The third kappa shape index (κ3) is 2.94. The fraction of sp³-hybridized carbons (Fsp3) is 0.167. The highest BCUT2D eigenvalue weighted by molar-refractivity contribution is 9.10. The van der Waals surface area contributed by atoms with Crippen LogP contribution >= 0.6 is 15.9 Å². The highest BCUT2D eigenvalue weighted by atomic mass is 79.9. The average molecular weight is 296 g/mol. The summed E-state index contributed by atoms with van der Waals surface area (Å²) >= 11 is 3.35. The molecule has 0 fully saturated rings. The lowest BCUT2D eigenvalue weighted by Crippen LogP contribution is -2.12. The molecule has 0 saturated carbocycles. The van der Waals surface area contributed by atoms with Gasteiger partial charge in [0.05, 0.1) is 12.6 Å². The van der Waals surface area contributed by atoms with E-state index in [4.69, 9.17) is 4.74 Å². The Kier molecular flexibility index (Phi) is 3.58. The molecule has 0 atom stereocenters. The van der Waals surface area contributed by atoms with Crippen LogP contribution in [0.4, 0.5) is 0 Å². The number of aromatic nitrogens is 1. The molecule has 1 aromatic heterocycles. The molecule has 0 spiro atoms. The molecule has 0 amide bonds. The quantitative estimate of drug-likeness (QED) is 0.817. The summed E-state index contributed by atoms with van der Waals surface area (Å²) in [6.07, 6.45) is 1.73. The van der Waals surface area contributed by atoms with Gasteiger partial charge in [0.15, 0.2) is 6.61 Å². The van der Waals surface area contributed by atoms with Crippen molar-refractivity contribution in [2.45, 2.75) is 0 Å². The van der Waals surface area contributed by atoms with Gasteiger partial charge in [0.1, 0.15) is 5.75 Å². The molecule has 2 rings (SSSR count). The Balaban J connectivity index is 2.22. The van der Waals surface area contributed by atoms with Crippen molar-refractivity contribution in [2.24, 2.45) is 0 Å². The van der Waals surface area contributed by atoms with Crippen LogP contribution in [-0.4, -0.2) is 24.7 Å². The summed E-state index contributed by atoms with van der Waals surface area (Å²) in [6, 6.07) is 7.38. The van der Waals surface area contributed by atoms with Crippen LogP contribution < -0.4 is 4.74 Å². The van der Waals surface area contributed by atoms with Gasteiger partial charge >= 0.3 is 5.97 Å². The maximum atomic E-state index is 10.9. The van der Waals surface area contributed by atoms with Crippen LogP contribution in [0.1, 0.15) is 0 Å². The summed E-state index contributed by atoms with van der Waals surface area (Å²) in [5.41, 5.74) is 0.874. The van der Waals surface area contributed by atoms with Gasteiger partial charge in [-0.15, -0.1) is 0 Å². The number of halogens is 1. The fourth-order valence-corrected chi connectivity index (χ4v) is 1.72. The van der Waals surface area contributed by atoms with Crippen LogP contribution in [-0.2, 0) is 9.53 Å². The number of pyridine rings is 1. The molecule has 88 valence electrons. The molecule has 1 aromatic carbocycles. The number of ether oxygens (including phenoxy) is 2. The van der Waals surface area contributed by atoms with E-state index in [-0.39, 0.29) is 6.61 Å². The minimum atomic E-state index is -0.405. The monoisotopic (exact) mass is 295 g/mol. The predicted molar refractivity (Wildman–Crippen MR) is 67.0 cm³/mol. The zero-order valence-electron chi connectivity index (χ0n) is 9.14. The standard InChI is InChI=1S/C12H10BrNO3/c1-16-12(15)7-17-10-2-3-11-8(5-10)4-9(13)6-14-11/h2-6H,7H2,1H3. The molecule has 1 heterocycles. The molecule has 2 aromatic rings. The van der Waals surface area contributed by atoms with Crippen molar-refractivity contribution >= 4 is 32.8 Å². The van der Waals surface area contributed by atoms with Crippen molar-refractivity contribution in [1.82, 2.24) is 4.98 Å². The molecular formula is C12H10BrNO3. The summed E-state index contributed by atoms with van der Waals surface area (Å²) in [5.74, 6) is 0.209. The molecule has 0 saturated heterocycles. The Hall–Kier alpha value is -1.62. The SMILES string of the molecule is COC(=O)COc1ccc2ncc(Br)cc2c1. The first kappa shape index (κ1) is 11.9. The van der Waals surface area contributed by atoms with Crippen LogP contribution in [0.5, 0.6) is 5.75 Å². The Labute approximate surface area is 107 Å². The summed E-state index contributed by atoms with van der Waals surface area (Å²) in [6.45, 7) is -0.0938. The summed E-state index contributed by atoms with van der Waals surface area (Å²) in [4.78, 5) is 15.2. The lowest BCUT2D eigenvalue weighted by Gasteiger charge is -2.05. The maximum absolute atomic E-state index is 10.9. The van der Waals surface area contributed by atoms with Crippen LogP contribution in [0.2, 0.25) is 0 Å².